The number of rotatable bonds is 9. The van der Waals surface area contributed by atoms with Gasteiger partial charge in [0.05, 0.1) is 12.1 Å². The van der Waals surface area contributed by atoms with Gasteiger partial charge in [-0.15, -0.1) is 0 Å². The van der Waals surface area contributed by atoms with Crippen molar-refractivity contribution in [3.8, 4) is 5.75 Å². The third kappa shape index (κ3) is 4.76. The number of aromatic nitrogens is 1. The smallest absolute Gasteiger partial charge is 0.142 e. The van der Waals surface area contributed by atoms with Gasteiger partial charge in [-0.05, 0) is 36.2 Å². The quantitative estimate of drug-likeness (QED) is 0.465. The van der Waals surface area contributed by atoms with Gasteiger partial charge >= 0.3 is 0 Å². The van der Waals surface area contributed by atoms with Gasteiger partial charge in [-0.1, -0.05) is 30.3 Å². The van der Waals surface area contributed by atoms with E-state index in [2.05, 4.69) is 5.32 Å². The van der Waals surface area contributed by atoms with E-state index in [4.69, 9.17) is 4.84 Å². The fraction of sp³-hybridized carbons (Fsp3) is 0.300. The van der Waals surface area contributed by atoms with Crippen LogP contribution < -0.4 is 10.2 Å². The fourth-order valence-corrected chi connectivity index (χ4v) is 2.82. The molecule has 6 nitrogen and oxygen atoms in total. The van der Waals surface area contributed by atoms with E-state index in [1.807, 2.05) is 48.7 Å². The number of phenols is 1. The number of hydrogen-bond donors (Lipinski definition) is 4. The van der Waals surface area contributed by atoms with Gasteiger partial charge in [-0.25, -0.2) is 0 Å². The van der Waals surface area contributed by atoms with Crippen molar-refractivity contribution >= 4 is 10.9 Å². The summed E-state index contributed by atoms with van der Waals surface area (Å²) in [5, 5.41) is 33.2. The van der Waals surface area contributed by atoms with Crippen molar-refractivity contribution in [3.05, 3.63) is 66.4 Å². The summed E-state index contributed by atoms with van der Waals surface area (Å²) in [4.78, 5) is 5.65. The zero-order chi connectivity index (χ0) is 18.4. The van der Waals surface area contributed by atoms with Crippen LogP contribution in [0.1, 0.15) is 5.56 Å². The van der Waals surface area contributed by atoms with Crippen LogP contribution in [-0.2, 0) is 6.42 Å². The van der Waals surface area contributed by atoms with Crippen LogP contribution in [0.5, 0.6) is 5.75 Å². The number of fused-ring (bicyclic) bond motifs is 1. The summed E-state index contributed by atoms with van der Waals surface area (Å²) in [5.74, 6) is 0.215. The number of phenolic OH excluding ortho intramolecular Hbond substituents is 1. The molecule has 4 N–H and O–H groups in total. The topological polar surface area (TPSA) is 86.9 Å². The average Bonchev–Trinajstić information content (AvgIpc) is 3.08. The zero-order valence-electron chi connectivity index (χ0n) is 14.5. The van der Waals surface area contributed by atoms with Gasteiger partial charge < -0.3 is 25.5 Å². The summed E-state index contributed by atoms with van der Waals surface area (Å²) in [5.41, 5.74) is 1.95. The number of nitrogens with one attached hydrogen (secondary N) is 1. The molecule has 0 unspecified atom stereocenters. The molecule has 138 valence electrons. The molecule has 3 rings (SSSR count). The molecule has 0 aliphatic rings. The Hall–Kier alpha value is -2.54. The standard InChI is InChI=1S/C20H24N2O4/c23-13-17(11-15-5-7-18(24)8-6-15)21-12-19(25)14-26-22-10-9-16-3-1-2-4-20(16)22/h1-10,17,19,21,23-25H,11-14H2/t17-,19-/m0/s1. The minimum Gasteiger partial charge on any atom is -0.508 e. The Kier molecular flexibility index (Phi) is 6.12. The summed E-state index contributed by atoms with van der Waals surface area (Å²) < 4.78 is 1.65. The number of benzene rings is 2. The Labute approximate surface area is 152 Å². The molecular weight excluding hydrogens is 332 g/mol. The lowest BCUT2D eigenvalue weighted by Crippen LogP contribution is -2.41. The molecule has 0 saturated carbocycles. The van der Waals surface area contributed by atoms with E-state index in [9.17, 15) is 15.3 Å². The summed E-state index contributed by atoms with van der Waals surface area (Å²) in [6.45, 7) is 0.405. The minimum atomic E-state index is -0.704. The Morgan fingerprint density at radius 1 is 1.04 bits per heavy atom. The minimum absolute atomic E-state index is 0.0449. The second kappa shape index (κ2) is 8.71. The first-order valence-electron chi connectivity index (χ1n) is 8.65. The van der Waals surface area contributed by atoms with Crippen LogP contribution in [-0.4, -0.2) is 52.0 Å². The Balaban J connectivity index is 1.46. The molecular formula is C20H24N2O4. The normalized spacial score (nSPS) is 13.6. The van der Waals surface area contributed by atoms with Gasteiger partial charge in [0.1, 0.15) is 18.5 Å². The lowest BCUT2D eigenvalue weighted by Gasteiger charge is -2.19. The average molecular weight is 356 g/mol. The highest BCUT2D eigenvalue weighted by Crippen LogP contribution is 2.14. The highest BCUT2D eigenvalue weighted by Gasteiger charge is 2.12. The Morgan fingerprint density at radius 2 is 1.81 bits per heavy atom. The second-order valence-electron chi connectivity index (χ2n) is 6.31. The molecule has 0 fully saturated rings. The zero-order valence-corrected chi connectivity index (χ0v) is 14.5. The van der Waals surface area contributed by atoms with Crippen molar-refractivity contribution in [2.75, 3.05) is 19.8 Å². The molecule has 0 aliphatic carbocycles. The van der Waals surface area contributed by atoms with Crippen molar-refractivity contribution < 1.29 is 20.2 Å². The van der Waals surface area contributed by atoms with Crippen LogP contribution in [0.15, 0.2) is 60.8 Å². The van der Waals surface area contributed by atoms with Crippen molar-refractivity contribution in [3.63, 3.8) is 0 Å². The molecule has 0 spiro atoms. The number of aliphatic hydroxyl groups is 2. The Morgan fingerprint density at radius 3 is 2.58 bits per heavy atom. The third-order valence-corrected chi connectivity index (χ3v) is 4.25. The van der Waals surface area contributed by atoms with Crippen LogP contribution in [0.2, 0.25) is 0 Å². The van der Waals surface area contributed by atoms with E-state index in [0.29, 0.717) is 13.0 Å². The highest BCUT2D eigenvalue weighted by molar-refractivity contribution is 5.79. The summed E-state index contributed by atoms with van der Waals surface area (Å²) >= 11 is 0. The largest absolute Gasteiger partial charge is 0.508 e. The van der Waals surface area contributed by atoms with E-state index < -0.39 is 6.10 Å². The van der Waals surface area contributed by atoms with Gasteiger partial charge in [0.15, 0.2) is 0 Å². The Bertz CT molecular complexity index is 816. The van der Waals surface area contributed by atoms with E-state index >= 15 is 0 Å². The number of nitrogens with zero attached hydrogens (tertiary/aromatic N) is 1. The molecule has 2 aromatic carbocycles. The monoisotopic (exact) mass is 356 g/mol. The molecule has 2 atom stereocenters. The summed E-state index contributed by atoms with van der Waals surface area (Å²) in [6.07, 6.45) is 1.73. The summed E-state index contributed by atoms with van der Waals surface area (Å²) in [6, 6.07) is 16.5. The SMILES string of the molecule is OC[C@H](Cc1ccc(O)cc1)NC[C@H](O)COn1ccc2ccccc21. The van der Waals surface area contributed by atoms with Gasteiger partial charge in [-0.3, -0.25) is 0 Å². The molecule has 1 heterocycles. The first-order valence-corrected chi connectivity index (χ1v) is 8.65. The number of aliphatic hydroxyl groups excluding tert-OH is 2. The van der Waals surface area contributed by atoms with Crippen LogP contribution in [0.3, 0.4) is 0 Å². The molecule has 0 saturated heterocycles. The number of aromatic hydroxyl groups is 1. The first kappa shape index (κ1) is 18.3. The van der Waals surface area contributed by atoms with E-state index in [0.717, 1.165) is 16.5 Å². The van der Waals surface area contributed by atoms with E-state index in [1.165, 1.54) is 0 Å². The predicted octanol–water partition coefficient (Wildman–Crippen LogP) is 1.33. The first-order chi connectivity index (χ1) is 12.7. The van der Waals surface area contributed by atoms with Crippen LogP contribution in [0.4, 0.5) is 0 Å². The highest BCUT2D eigenvalue weighted by atomic mass is 16.7. The maximum atomic E-state index is 10.2. The van der Waals surface area contributed by atoms with Crippen molar-refractivity contribution in [1.82, 2.24) is 10.0 Å². The van der Waals surface area contributed by atoms with Crippen molar-refractivity contribution in [1.29, 1.82) is 0 Å². The van der Waals surface area contributed by atoms with Gasteiger partial charge in [-0.2, -0.15) is 4.73 Å². The van der Waals surface area contributed by atoms with Gasteiger partial charge in [0, 0.05) is 24.2 Å². The maximum Gasteiger partial charge on any atom is 0.142 e. The van der Waals surface area contributed by atoms with Crippen molar-refractivity contribution in [2.45, 2.75) is 18.6 Å². The fourth-order valence-electron chi connectivity index (χ4n) is 2.82. The lowest BCUT2D eigenvalue weighted by molar-refractivity contribution is 0.0298. The molecule has 1 aromatic heterocycles. The molecule has 0 amide bonds. The van der Waals surface area contributed by atoms with Crippen LogP contribution in [0, 0.1) is 0 Å². The van der Waals surface area contributed by atoms with Gasteiger partial charge in [0.25, 0.3) is 0 Å². The molecule has 26 heavy (non-hydrogen) atoms. The number of hydrogen-bond acceptors (Lipinski definition) is 5. The molecule has 0 aliphatic heterocycles. The predicted molar refractivity (Wildman–Crippen MR) is 100 cm³/mol. The van der Waals surface area contributed by atoms with Gasteiger partial charge in [0.2, 0.25) is 0 Å². The lowest BCUT2D eigenvalue weighted by atomic mass is 10.1. The molecule has 0 bridgehead atoms. The molecule has 3 aromatic rings. The molecule has 6 heteroatoms. The van der Waals surface area contributed by atoms with Crippen LogP contribution >= 0.6 is 0 Å². The van der Waals surface area contributed by atoms with E-state index in [1.54, 1.807) is 16.9 Å². The third-order valence-electron chi connectivity index (χ3n) is 4.25. The summed E-state index contributed by atoms with van der Waals surface area (Å²) in [7, 11) is 0. The number of para-hydroxylation sites is 1. The maximum absolute atomic E-state index is 10.2. The van der Waals surface area contributed by atoms with E-state index in [-0.39, 0.29) is 25.0 Å². The molecule has 0 radical (unpaired) electrons. The van der Waals surface area contributed by atoms with Crippen LogP contribution in [0.25, 0.3) is 10.9 Å². The van der Waals surface area contributed by atoms with Crippen molar-refractivity contribution in [2.24, 2.45) is 0 Å². The second-order valence-corrected chi connectivity index (χ2v) is 6.31.